The summed E-state index contributed by atoms with van der Waals surface area (Å²) >= 11 is 1.54. The van der Waals surface area contributed by atoms with Gasteiger partial charge in [0.25, 0.3) is 0 Å². The molecular weight excluding hydrogens is 335 g/mol. The van der Waals surface area contributed by atoms with Crippen LogP contribution in [0.15, 0.2) is 72.4 Å². The Kier molecular flexibility index (Phi) is 4.18. The van der Waals surface area contributed by atoms with Crippen LogP contribution in [0.4, 0.5) is 16.0 Å². The van der Waals surface area contributed by atoms with Gasteiger partial charge in [-0.05, 0) is 42.0 Å². The minimum Gasteiger partial charge on any atom is -0.325 e. The second-order valence-corrected chi connectivity index (χ2v) is 6.21. The van der Waals surface area contributed by atoms with Crippen molar-refractivity contribution < 1.29 is 4.39 Å². The Bertz CT molecular complexity index is 985. The number of nitrogens with one attached hydrogen (secondary N) is 1. The summed E-state index contributed by atoms with van der Waals surface area (Å²) in [5.41, 5.74) is 2.47. The molecule has 0 saturated heterocycles. The Morgan fingerprint density at radius 1 is 0.880 bits per heavy atom. The van der Waals surface area contributed by atoms with Crippen molar-refractivity contribution in [2.75, 3.05) is 5.32 Å². The largest absolute Gasteiger partial charge is 0.325 e. The second-order valence-electron chi connectivity index (χ2n) is 5.31. The smallest absolute Gasteiger partial charge is 0.141 e. The van der Waals surface area contributed by atoms with Crippen molar-refractivity contribution in [2.45, 2.75) is 0 Å². The molecule has 3 heterocycles. The van der Waals surface area contributed by atoms with Crippen LogP contribution in [-0.4, -0.2) is 15.0 Å². The molecule has 0 aliphatic carbocycles. The van der Waals surface area contributed by atoms with Crippen molar-refractivity contribution in [1.29, 1.82) is 0 Å². The lowest BCUT2D eigenvalue weighted by molar-refractivity contribution is 0.628. The number of hydrogen-bond acceptors (Lipinski definition) is 5. The van der Waals surface area contributed by atoms with Gasteiger partial charge in [0, 0.05) is 23.3 Å². The molecule has 1 aromatic carbocycles. The third kappa shape index (κ3) is 3.54. The van der Waals surface area contributed by atoms with E-state index in [1.54, 1.807) is 29.8 Å². The van der Waals surface area contributed by atoms with E-state index in [4.69, 9.17) is 0 Å². The molecule has 0 aliphatic rings. The third-order valence-corrected chi connectivity index (χ3v) is 4.37. The first kappa shape index (κ1) is 15.4. The van der Waals surface area contributed by atoms with E-state index in [-0.39, 0.29) is 5.82 Å². The molecule has 0 fully saturated rings. The maximum Gasteiger partial charge on any atom is 0.141 e. The first-order chi connectivity index (χ1) is 12.3. The summed E-state index contributed by atoms with van der Waals surface area (Å²) in [6, 6.07) is 15.9. The number of hydrogen-bond donors (Lipinski definition) is 1. The number of anilines is 2. The van der Waals surface area contributed by atoms with E-state index in [2.05, 4.69) is 20.3 Å². The lowest BCUT2D eigenvalue weighted by Crippen LogP contribution is -1.96. The number of aromatic nitrogens is 3. The molecule has 0 saturated carbocycles. The lowest BCUT2D eigenvalue weighted by Gasteiger charge is -2.07. The normalized spacial score (nSPS) is 10.6. The fraction of sp³-hybridized carbons (Fsp3) is 0. The summed E-state index contributed by atoms with van der Waals surface area (Å²) in [6.45, 7) is 0. The van der Waals surface area contributed by atoms with E-state index in [1.165, 1.54) is 12.1 Å². The van der Waals surface area contributed by atoms with Gasteiger partial charge in [-0.25, -0.2) is 19.3 Å². The molecule has 0 bridgehead atoms. The first-order valence-corrected chi connectivity index (χ1v) is 8.52. The van der Waals surface area contributed by atoms with Crippen molar-refractivity contribution in [3.63, 3.8) is 0 Å². The predicted octanol–water partition coefficient (Wildman–Crippen LogP) is 5.15. The van der Waals surface area contributed by atoms with Gasteiger partial charge in [0.2, 0.25) is 0 Å². The van der Waals surface area contributed by atoms with Crippen molar-refractivity contribution in [3.8, 4) is 21.8 Å². The Labute approximate surface area is 148 Å². The molecule has 4 nitrogen and oxygen atoms in total. The Morgan fingerprint density at radius 2 is 1.80 bits per heavy atom. The number of nitrogens with zero attached hydrogens (tertiary/aromatic N) is 3. The van der Waals surface area contributed by atoms with Gasteiger partial charge in [-0.15, -0.1) is 11.3 Å². The molecule has 4 aromatic rings. The molecule has 0 radical (unpaired) electrons. The van der Waals surface area contributed by atoms with Gasteiger partial charge in [0.1, 0.15) is 28.2 Å². The van der Waals surface area contributed by atoms with Crippen LogP contribution in [0.3, 0.4) is 0 Å². The van der Waals surface area contributed by atoms with Crippen LogP contribution in [0.5, 0.6) is 0 Å². The highest BCUT2D eigenvalue weighted by Gasteiger charge is 2.05. The molecule has 0 aliphatic heterocycles. The van der Waals surface area contributed by atoms with Crippen LogP contribution in [0.1, 0.15) is 0 Å². The van der Waals surface area contributed by atoms with E-state index in [1.807, 2.05) is 41.8 Å². The van der Waals surface area contributed by atoms with Crippen LogP contribution < -0.4 is 5.32 Å². The van der Waals surface area contributed by atoms with Gasteiger partial charge in [-0.1, -0.05) is 18.2 Å². The number of halogens is 1. The number of thiazole rings is 1. The molecule has 25 heavy (non-hydrogen) atoms. The molecule has 0 atom stereocenters. The zero-order chi connectivity index (χ0) is 17.1. The van der Waals surface area contributed by atoms with Gasteiger partial charge in [-0.3, -0.25) is 0 Å². The molecule has 3 aromatic heterocycles. The van der Waals surface area contributed by atoms with Crippen LogP contribution in [0.2, 0.25) is 0 Å². The van der Waals surface area contributed by atoms with Crippen LogP contribution in [-0.2, 0) is 0 Å². The monoisotopic (exact) mass is 348 g/mol. The summed E-state index contributed by atoms with van der Waals surface area (Å²) < 4.78 is 13.3. The van der Waals surface area contributed by atoms with Crippen molar-refractivity contribution >= 4 is 23.0 Å². The quantitative estimate of drug-likeness (QED) is 0.554. The molecule has 0 amide bonds. The number of benzene rings is 1. The molecule has 6 heteroatoms. The lowest BCUT2D eigenvalue weighted by atomic mass is 10.1. The van der Waals surface area contributed by atoms with Gasteiger partial charge in [0.15, 0.2) is 0 Å². The van der Waals surface area contributed by atoms with E-state index in [0.717, 1.165) is 21.8 Å². The van der Waals surface area contributed by atoms with E-state index < -0.39 is 0 Å². The van der Waals surface area contributed by atoms with Crippen LogP contribution in [0, 0.1) is 5.82 Å². The SMILES string of the molecule is Fc1cccc(-c2ccc(Nc3cccc(-c4nccs4)n3)nc2)c1. The molecular formula is C19H13FN4S. The van der Waals surface area contributed by atoms with Crippen LogP contribution in [0.25, 0.3) is 21.8 Å². The summed E-state index contributed by atoms with van der Waals surface area (Å²) in [6.07, 6.45) is 3.47. The third-order valence-electron chi connectivity index (χ3n) is 3.58. The number of rotatable bonds is 4. The topological polar surface area (TPSA) is 50.7 Å². The summed E-state index contributed by atoms with van der Waals surface area (Å²) in [5.74, 6) is 1.10. The zero-order valence-corrected chi connectivity index (χ0v) is 13.9. The summed E-state index contributed by atoms with van der Waals surface area (Å²) in [4.78, 5) is 13.2. The second kappa shape index (κ2) is 6.78. The van der Waals surface area contributed by atoms with Gasteiger partial charge in [-0.2, -0.15) is 0 Å². The highest BCUT2D eigenvalue weighted by molar-refractivity contribution is 7.13. The average Bonchev–Trinajstić information content (AvgIpc) is 3.17. The van der Waals surface area contributed by atoms with Crippen molar-refractivity contribution in [2.24, 2.45) is 0 Å². The van der Waals surface area contributed by atoms with Gasteiger partial charge in [0.05, 0.1) is 0 Å². The highest BCUT2D eigenvalue weighted by atomic mass is 32.1. The predicted molar refractivity (Wildman–Crippen MR) is 98.3 cm³/mol. The summed E-state index contributed by atoms with van der Waals surface area (Å²) in [5, 5.41) is 5.97. The van der Waals surface area contributed by atoms with E-state index >= 15 is 0 Å². The maximum atomic E-state index is 13.3. The van der Waals surface area contributed by atoms with Gasteiger partial charge >= 0.3 is 0 Å². The molecule has 0 spiro atoms. The molecule has 0 unspecified atom stereocenters. The highest BCUT2D eigenvalue weighted by Crippen LogP contribution is 2.24. The Hall–Kier alpha value is -3.12. The first-order valence-electron chi connectivity index (χ1n) is 7.64. The average molecular weight is 348 g/mol. The van der Waals surface area contributed by atoms with E-state index in [9.17, 15) is 4.39 Å². The Morgan fingerprint density at radius 3 is 2.56 bits per heavy atom. The standard InChI is InChI=1S/C19H13FN4S/c20-15-4-1-3-13(11-15)14-7-8-17(22-12-14)24-18-6-2-5-16(23-18)19-21-9-10-25-19/h1-12H,(H,22,23,24). The fourth-order valence-corrected chi connectivity index (χ4v) is 3.02. The van der Waals surface area contributed by atoms with Crippen molar-refractivity contribution in [1.82, 2.24) is 15.0 Å². The van der Waals surface area contributed by atoms with Gasteiger partial charge < -0.3 is 5.32 Å². The molecule has 1 N–H and O–H groups in total. The Balaban J connectivity index is 1.55. The fourth-order valence-electron chi connectivity index (χ4n) is 2.41. The van der Waals surface area contributed by atoms with Crippen molar-refractivity contribution in [3.05, 3.63) is 78.2 Å². The molecule has 122 valence electrons. The number of pyridine rings is 2. The minimum atomic E-state index is -0.261. The maximum absolute atomic E-state index is 13.3. The summed E-state index contributed by atoms with van der Waals surface area (Å²) in [7, 11) is 0. The minimum absolute atomic E-state index is 0.261. The van der Waals surface area contributed by atoms with Crippen LogP contribution >= 0.6 is 11.3 Å². The molecule has 4 rings (SSSR count). The van der Waals surface area contributed by atoms with E-state index in [0.29, 0.717) is 11.6 Å². The zero-order valence-electron chi connectivity index (χ0n) is 13.1.